The van der Waals surface area contributed by atoms with Gasteiger partial charge in [-0.05, 0) is 117 Å². The van der Waals surface area contributed by atoms with E-state index in [9.17, 15) is 0 Å². The molecular weight excluding hydrogens is 518 g/mol. The van der Waals surface area contributed by atoms with Gasteiger partial charge >= 0.3 is 0 Å². The standard InChI is InChI=1S/C38H36P2/c1-25-13-11-19-31(33-23-21-27-15-7-9-17-29(27)37(33)39(3)4)35(25)36-26(2)14-12-20-32(36)34-24-22-28-16-8-10-18-30(28)38(34)40(5)6/h7-24H,1-6H3. The lowest BCUT2D eigenvalue weighted by molar-refractivity contribution is 1.41. The van der Waals surface area contributed by atoms with Gasteiger partial charge in [0.15, 0.2) is 0 Å². The number of aryl methyl sites for hydroxylation is 2. The van der Waals surface area contributed by atoms with Gasteiger partial charge in [0.05, 0.1) is 0 Å². The monoisotopic (exact) mass is 554 g/mol. The van der Waals surface area contributed by atoms with Gasteiger partial charge in [-0.2, -0.15) is 0 Å². The molecule has 6 rings (SSSR count). The normalized spacial score (nSPS) is 11.7. The van der Waals surface area contributed by atoms with E-state index < -0.39 is 0 Å². The van der Waals surface area contributed by atoms with E-state index >= 15 is 0 Å². The van der Waals surface area contributed by atoms with Crippen LogP contribution in [0.5, 0.6) is 0 Å². The maximum absolute atomic E-state index is 2.39. The molecule has 0 fully saturated rings. The van der Waals surface area contributed by atoms with Crippen LogP contribution in [0.4, 0.5) is 0 Å². The first kappa shape index (κ1) is 26.9. The molecule has 0 atom stereocenters. The largest absolute Gasteiger partial charge is 0.0803 e. The summed E-state index contributed by atoms with van der Waals surface area (Å²) in [7, 11) is -0.642. The van der Waals surface area contributed by atoms with Crippen molar-refractivity contribution in [3.63, 3.8) is 0 Å². The third-order valence-corrected chi connectivity index (χ3v) is 10.8. The van der Waals surface area contributed by atoms with Crippen molar-refractivity contribution in [2.24, 2.45) is 0 Å². The van der Waals surface area contributed by atoms with E-state index in [0.717, 1.165) is 0 Å². The SMILES string of the molecule is Cc1cccc(-c2ccc3ccccc3c2P(C)C)c1-c1c(C)cccc1-c1ccc2ccccc2c1P(C)C. The molecule has 0 saturated heterocycles. The Hall–Kier alpha value is -3.30. The first-order valence-electron chi connectivity index (χ1n) is 14.0. The van der Waals surface area contributed by atoms with E-state index in [1.165, 1.54) is 76.7 Å². The summed E-state index contributed by atoms with van der Waals surface area (Å²) in [5.74, 6) is 0. The van der Waals surface area contributed by atoms with Gasteiger partial charge in [0, 0.05) is 0 Å². The molecule has 0 amide bonds. The fourth-order valence-electron chi connectivity index (χ4n) is 6.36. The molecule has 6 aromatic rings. The van der Waals surface area contributed by atoms with E-state index in [1.54, 1.807) is 0 Å². The Morgan fingerprint density at radius 2 is 0.775 bits per heavy atom. The highest BCUT2D eigenvalue weighted by Crippen LogP contribution is 2.46. The molecule has 2 heteroatoms. The number of hydrogen-bond acceptors (Lipinski definition) is 0. The van der Waals surface area contributed by atoms with Crippen LogP contribution in [0.3, 0.4) is 0 Å². The first-order valence-corrected chi connectivity index (χ1v) is 18.4. The minimum atomic E-state index is -0.321. The van der Waals surface area contributed by atoms with Gasteiger partial charge in [0.2, 0.25) is 0 Å². The van der Waals surface area contributed by atoms with E-state index in [-0.39, 0.29) is 15.8 Å². The highest BCUT2D eigenvalue weighted by Gasteiger charge is 2.22. The molecular formula is C38H36P2. The average molecular weight is 555 g/mol. The van der Waals surface area contributed by atoms with Gasteiger partial charge < -0.3 is 0 Å². The predicted octanol–water partition coefficient (Wildman–Crippen LogP) is 10.3. The third kappa shape index (κ3) is 4.59. The number of benzene rings is 6. The second-order valence-electron chi connectivity index (χ2n) is 11.1. The van der Waals surface area contributed by atoms with Crippen LogP contribution >= 0.6 is 15.8 Å². The fourth-order valence-corrected chi connectivity index (χ4v) is 9.08. The molecule has 0 N–H and O–H groups in total. The summed E-state index contributed by atoms with van der Waals surface area (Å²) in [5, 5.41) is 8.40. The van der Waals surface area contributed by atoms with E-state index in [1.807, 2.05) is 0 Å². The molecule has 0 saturated carbocycles. The zero-order valence-electron chi connectivity index (χ0n) is 24.3. The zero-order valence-corrected chi connectivity index (χ0v) is 26.1. The molecule has 0 aliphatic heterocycles. The predicted molar refractivity (Wildman–Crippen MR) is 184 cm³/mol. The summed E-state index contributed by atoms with van der Waals surface area (Å²) >= 11 is 0. The Morgan fingerprint density at radius 3 is 1.18 bits per heavy atom. The van der Waals surface area contributed by atoms with Crippen molar-refractivity contribution in [1.29, 1.82) is 0 Å². The minimum absolute atomic E-state index is 0.321. The van der Waals surface area contributed by atoms with Crippen LogP contribution < -0.4 is 10.6 Å². The fraction of sp³-hybridized carbons (Fsp3) is 0.158. The van der Waals surface area contributed by atoms with Crippen LogP contribution in [-0.4, -0.2) is 26.7 Å². The summed E-state index contributed by atoms with van der Waals surface area (Å²) in [5.41, 5.74) is 10.8. The molecule has 198 valence electrons. The van der Waals surface area contributed by atoms with Crippen molar-refractivity contribution in [3.8, 4) is 33.4 Å². The van der Waals surface area contributed by atoms with Gasteiger partial charge in [-0.3, -0.25) is 0 Å². The summed E-state index contributed by atoms with van der Waals surface area (Å²) in [6.07, 6.45) is 0. The Kier molecular flexibility index (Phi) is 7.35. The Bertz CT molecular complexity index is 1740. The van der Waals surface area contributed by atoms with Crippen LogP contribution in [0, 0.1) is 13.8 Å². The molecule has 0 aliphatic rings. The summed E-state index contributed by atoms with van der Waals surface area (Å²) in [4.78, 5) is 0. The molecule has 0 radical (unpaired) electrons. The highest BCUT2D eigenvalue weighted by atomic mass is 31.1. The lowest BCUT2D eigenvalue weighted by atomic mass is 9.84. The van der Waals surface area contributed by atoms with Crippen molar-refractivity contribution in [1.82, 2.24) is 0 Å². The lowest BCUT2D eigenvalue weighted by Gasteiger charge is -2.24. The van der Waals surface area contributed by atoms with Crippen molar-refractivity contribution >= 4 is 48.0 Å². The molecule has 0 aromatic heterocycles. The van der Waals surface area contributed by atoms with Gasteiger partial charge in [-0.25, -0.2) is 0 Å². The number of hydrogen-bond donors (Lipinski definition) is 0. The molecule has 0 nitrogen and oxygen atoms in total. The van der Waals surface area contributed by atoms with Gasteiger partial charge in [-0.15, -0.1) is 0 Å². The number of fused-ring (bicyclic) bond motifs is 2. The first-order chi connectivity index (χ1) is 19.4. The molecule has 0 unspecified atom stereocenters. The Morgan fingerprint density at radius 1 is 0.375 bits per heavy atom. The third-order valence-electron chi connectivity index (χ3n) is 8.07. The van der Waals surface area contributed by atoms with Crippen LogP contribution in [-0.2, 0) is 0 Å². The number of rotatable bonds is 5. The van der Waals surface area contributed by atoms with Crippen LogP contribution in [0.2, 0.25) is 0 Å². The molecule has 0 spiro atoms. The Labute approximate surface area is 241 Å². The molecule has 0 bridgehead atoms. The smallest absolute Gasteiger partial charge is 0.00670 e. The maximum Gasteiger partial charge on any atom is -0.00670 e. The van der Waals surface area contributed by atoms with Crippen LogP contribution in [0.15, 0.2) is 109 Å². The van der Waals surface area contributed by atoms with Gasteiger partial charge in [0.1, 0.15) is 0 Å². The van der Waals surface area contributed by atoms with Crippen molar-refractivity contribution in [2.45, 2.75) is 13.8 Å². The van der Waals surface area contributed by atoms with E-state index in [0.29, 0.717) is 0 Å². The minimum Gasteiger partial charge on any atom is -0.0803 e. The van der Waals surface area contributed by atoms with Crippen LogP contribution in [0.25, 0.3) is 54.9 Å². The van der Waals surface area contributed by atoms with Gasteiger partial charge in [0.25, 0.3) is 0 Å². The molecule has 0 aliphatic carbocycles. The van der Waals surface area contributed by atoms with E-state index in [4.69, 9.17) is 0 Å². The maximum atomic E-state index is 2.39. The average Bonchev–Trinajstić information content (AvgIpc) is 2.95. The van der Waals surface area contributed by atoms with E-state index in [2.05, 4.69) is 150 Å². The second kappa shape index (κ2) is 10.9. The Balaban J connectivity index is 1.70. The van der Waals surface area contributed by atoms with Crippen molar-refractivity contribution in [3.05, 3.63) is 120 Å². The topological polar surface area (TPSA) is 0 Å². The van der Waals surface area contributed by atoms with Gasteiger partial charge in [-0.1, -0.05) is 125 Å². The van der Waals surface area contributed by atoms with Crippen molar-refractivity contribution in [2.75, 3.05) is 26.7 Å². The van der Waals surface area contributed by atoms with Crippen LogP contribution in [0.1, 0.15) is 11.1 Å². The summed E-state index contributed by atoms with van der Waals surface area (Å²) < 4.78 is 0. The zero-order chi connectivity index (χ0) is 28.0. The molecule has 0 heterocycles. The highest BCUT2D eigenvalue weighted by molar-refractivity contribution is 7.65. The lowest BCUT2D eigenvalue weighted by Crippen LogP contribution is -2.09. The molecule has 6 aromatic carbocycles. The second-order valence-corrected chi connectivity index (χ2v) is 15.6. The summed E-state index contributed by atoms with van der Waals surface area (Å²) in [6.45, 7) is 14.1. The quantitative estimate of drug-likeness (QED) is 0.186. The molecule has 40 heavy (non-hydrogen) atoms. The summed E-state index contributed by atoms with van der Waals surface area (Å²) in [6, 6.07) is 40.8. The van der Waals surface area contributed by atoms with Crippen molar-refractivity contribution < 1.29 is 0 Å².